The number of hydrogen-bond acceptors (Lipinski definition) is 4. The largest absolute Gasteiger partial charge is 0.496 e. The van der Waals surface area contributed by atoms with Gasteiger partial charge >= 0.3 is 5.97 Å². The van der Waals surface area contributed by atoms with Gasteiger partial charge in [-0.1, -0.05) is 61.2 Å². The second kappa shape index (κ2) is 9.01. The predicted octanol–water partition coefficient (Wildman–Crippen LogP) is 5.43. The Hall–Kier alpha value is -4.06. The number of ether oxygens (including phenoxy) is 2. The minimum atomic E-state index is -1.10. The predicted molar refractivity (Wildman–Crippen MR) is 149 cm³/mol. The van der Waals surface area contributed by atoms with Gasteiger partial charge in [-0.05, 0) is 54.2 Å². The highest BCUT2D eigenvalue weighted by Gasteiger charge is 2.71. The molecule has 0 aromatic heterocycles. The molecule has 3 aromatic rings. The first-order valence-corrected chi connectivity index (χ1v) is 13.4. The third kappa shape index (κ3) is 3.33. The highest BCUT2D eigenvalue weighted by atomic mass is 16.5. The van der Waals surface area contributed by atoms with E-state index in [9.17, 15) is 14.7 Å². The number of carbonyl (C=O) groups is 2. The summed E-state index contributed by atoms with van der Waals surface area (Å²) in [5.74, 6) is -0.182. The van der Waals surface area contributed by atoms with Gasteiger partial charge in [0.1, 0.15) is 11.5 Å². The van der Waals surface area contributed by atoms with Crippen molar-refractivity contribution in [1.82, 2.24) is 4.90 Å². The van der Waals surface area contributed by atoms with Crippen molar-refractivity contribution >= 4 is 17.4 Å². The van der Waals surface area contributed by atoms with E-state index in [0.717, 1.165) is 35.3 Å². The number of carboxylic acids is 1. The summed E-state index contributed by atoms with van der Waals surface area (Å²) in [7, 11) is 3.22. The van der Waals surface area contributed by atoms with E-state index in [2.05, 4.69) is 30.8 Å². The second-order valence-corrected chi connectivity index (χ2v) is 11.1. The van der Waals surface area contributed by atoms with Crippen molar-refractivity contribution in [3.8, 4) is 11.5 Å². The van der Waals surface area contributed by atoms with E-state index in [-0.39, 0.29) is 24.3 Å². The Morgan fingerprint density at radius 1 is 1.00 bits per heavy atom. The average Bonchev–Trinajstić information content (AvgIpc) is 3.40. The molecule has 1 amide bonds. The molecule has 6 nitrogen and oxygen atoms in total. The molecule has 1 heterocycles. The van der Waals surface area contributed by atoms with Crippen LogP contribution >= 0.6 is 0 Å². The number of aryl methyl sites for hydroxylation is 1. The number of carbonyl (C=O) groups excluding carboxylic acids is 1. The highest BCUT2D eigenvalue weighted by Crippen LogP contribution is 2.69. The Labute approximate surface area is 228 Å². The molecule has 4 unspecified atom stereocenters. The molecular formula is C33H33NO5. The quantitative estimate of drug-likeness (QED) is 0.436. The SMILES string of the molecule is C=C(C(=O)N1CC2C3(c4ccc(OC)c(C)c4)CCC(c4ccccc43)C2(C(=O)O)C1)c1ccccc1OC. The van der Waals surface area contributed by atoms with Crippen LogP contribution in [0, 0.1) is 18.3 Å². The first-order valence-electron chi connectivity index (χ1n) is 13.4. The molecule has 2 bridgehead atoms. The van der Waals surface area contributed by atoms with E-state index >= 15 is 0 Å². The van der Waals surface area contributed by atoms with Gasteiger partial charge in [-0.2, -0.15) is 0 Å². The molecule has 6 heteroatoms. The molecule has 0 spiro atoms. The summed E-state index contributed by atoms with van der Waals surface area (Å²) in [6.45, 7) is 6.64. The van der Waals surface area contributed by atoms with Crippen LogP contribution in [0.1, 0.15) is 46.6 Å². The van der Waals surface area contributed by atoms with Gasteiger partial charge in [-0.25, -0.2) is 0 Å². The normalized spacial score (nSPS) is 26.5. The number of benzene rings is 3. The monoisotopic (exact) mass is 523 g/mol. The van der Waals surface area contributed by atoms with Gasteiger partial charge in [-0.15, -0.1) is 0 Å². The van der Waals surface area contributed by atoms with Crippen LogP contribution in [0.25, 0.3) is 5.57 Å². The minimum Gasteiger partial charge on any atom is -0.496 e. The van der Waals surface area contributed by atoms with Crippen molar-refractivity contribution in [1.29, 1.82) is 0 Å². The molecule has 3 aliphatic carbocycles. The lowest BCUT2D eigenvalue weighted by Crippen LogP contribution is -2.60. The third-order valence-electron chi connectivity index (χ3n) is 9.62. The maximum absolute atomic E-state index is 14.0. The molecule has 4 aliphatic rings. The summed E-state index contributed by atoms with van der Waals surface area (Å²) < 4.78 is 11.0. The highest BCUT2D eigenvalue weighted by molar-refractivity contribution is 6.19. The first kappa shape index (κ1) is 25.2. The first-order chi connectivity index (χ1) is 18.8. The van der Waals surface area contributed by atoms with Crippen LogP contribution in [-0.4, -0.2) is 49.2 Å². The molecule has 4 atom stereocenters. The maximum atomic E-state index is 14.0. The lowest BCUT2D eigenvalue weighted by molar-refractivity contribution is -0.157. The van der Waals surface area contributed by atoms with Crippen molar-refractivity contribution in [3.05, 3.63) is 101 Å². The number of carboxylic acid groups (broad SMARTS) is 1. The van der Waals surface area contributed by atoms with Crippen LogP contribution < -0.4 is 9.47 Å². The van der Waals surface area contributed by atoms with Crippen LogP contribution in [0.4, 0.5) is 0 Å². The van der Waals surface area contributed by atoms with Gasteiger partial charge in [0.05, 0.1) is 19.6 Å². The van der Waals surface area contributed by atoms with Crippen molar-refractivity contribution in [2.45, 2.75) is 31.1 Å². The molecule has 1 aliphatic heterocycles. The lowest BCUT2D eigenvalue weighted by atomic mass is 9.42. The number of fused-ring (bicyclic) bond motifs is 1. The summed E-state index contributed by atoms with van der Waals surface area (Å²) in [4.78, 5) is 29.1. The average molecular weight is 524 g/mol. The Morgan fingerprint density at radius 3 is 2.44 bits per heavy atom. The topological polar surface area (TPSA) is 76.1 Å². The molecule has 200 valence electrons. The van der Waals surface area contributed by atoms with E-state index in [0.29, 0.717) is 23.4 Å². The van der Waals surface area contributed by atoms with Crippen molar-refractivity contribution in [2.24, 2.45) is 11.3 Å². The van der Waals surface area contributed by atoms with Crippen LogP contribution in [0.15, 0.2) is 73.3 Å². The van der Waals surface area contributed by atoms with Gasteiger partial charge < -0.3 is 19.5 Å². The minimum absolute atomic E-state index is 0.149. The summed E-state index contributed by atoms with van der Waals surface area (Å²) in [6.07, 6.45) is 1.58. The summed E-state index contributed by atoms with van der Waals surface area (Å²) in [6, 6.07) is 21.8. The van der Waals surface area contributed by atoms with Crippen molar-refractivity contribution in [3.63, 3.8) is 0 Å². The molecule has 0 radical (unpaired) electrons. The summed E-state index contributed by atoms with van der Waals surface area (Å²) in [5.41, 5.74) is 3.66. The Morgan fingerprint density at radius 2 is 1.72 bits per heavy atom. The summed E-state index contributed by atoms with van der Waals surface area (Å²) in [5, 5.41) is 11.0. The van der Waals surface area contributed by atoms with Crippen LogP contribution in [0.2, 0.25) is 0 Å². The van der Waals surface area contributed by atoms with E-state index in [1.807, 2.05) is 43.3 Å². The molecule has 2 fully saturated rings. The molecule has 3 aromatic carbocycles. The molecule has 1 saturated carbocycles. The van der Waals surface area contributed by atoms with Crippen LogP contribution in [0.5, 0.6) is 11.5 Å². The molecule has 1 N–H and O–H groups in total. The van der Waals surface area contributed by atoms with Crippen LogP contribution in [-0.2, 0) is 15.0 Å². The zero-order chi connectivity index (χ0) is 27.5. The Kier molecular flexibility index (Phi) is 5.83. The van der Waals surface area contributed by atoms with E-state index < -0.39 is 16.8 Å². The number of para-hydroxylation sites is 1. The summed E-state index contributed by atoms with van der Waals surface area (Å²) >= 11 is 0. The standard InChI is InChI=1S/C33H33NO5/c1-20-17-22(13-14-27(20)38-3)32-16-15-26(24-10-5-7-11-25(24)32)33(31(36)37)19-34(18-29(32)33)30(35)21(2)23-9-6-8-12-28(23)39-4/h5-14,17,26,29H,2,15-16,18-19H2,1,3-4H3,(H,36,37). The Bertz CT molecular complexity index is 1510. The zero-order valence-corrected chi connectivity index (χ0v) is 22.6. The number of hydrogen-bond donors (Lipinski definition) is 1. The fourth-order valence-electron chi connectivity index (χ4n) is 7.97. The molecule has 39 heavy (non-hydrogen) atoms. The number of amides is 1. The molecule has 1 saturated heterocycles. The van der Waals surface area contributed by atoms with Gasteiger partial charge in [0.25, 0.3) is 5.91 Å². The van der Waals surface area contributed by atoms with Crippen molar-refractivity contribution < 1.29 is 24.2 Å². The zero-order valence-electron chi connectivity index (χ0n) is 22.6. The Balaban J connectivity index is 1.50. The second-order valence-electron chi connectivity index (χ2n) is 11.1. The number of rotatable bonds is 6. The van der Waals surface area contributed by atoms with Gasteiger partial charge in [-0.3, -0.25) is 9.59 Å². The third-order valence-corrected chi connectivity index (χ3v) is 9.62. The van der Waals surface area contributed by atoms with E-state index in [1.54, 1.807) is 25.2 Å². The number of aliphatic carboxylic acids is 1. The smallest absolute Gasteiger partial charge is 0.312 e. The number of likely N-dealkylation sites (tertiary alicyclic amines) is 1. The van der Waals surface area contributed by atoms with E-state index in [1.165, 1.54) is 5.56 Å². The van der Waals surface area contributed by atoms with Crippen LogP contribution in [0.3, 0.4) is 0 Å². The molecule has 7 rings (SSSR count). The number of nitrogens with zero attached hydrogens (tertiary/aromatic N) is 1. The van der Waals surface area contributed by atoms with Gasteiger partial charge in [0.15, 0.2) is 0 Å². The molecular weight excluding hydrogens is 490 g/mol. The number of methoxy groups -OCH3 is 2. The van der Waals surface area contributed by atoms with E-state index in [4.69, 9.17) is 9.47 Å². The van der Waals surface area contributed by atoms with Crippen molar-refractivity contribution in [2.75, 3.05) is 27.3 Å². The lowest BCUT2D eigenvalue weighted by Gasteiger charge is -2.59. The fraction of sp³-hybridized carbons (Fsp3) is 0.333. The van der Waals surface area contributed by atoms with Gasteiger partial charge in [0.2, 0.25) is 0 Å². The maximum Gasteiger partial charge on any atom is 0.312 e. The van der Waals surface area contributed by atoms with Gasteiger partial charge in [0, 0.05) is 41.5 Å². The fourth-order valence-corrected chi connectivity index (χ4v) is 7.97.